The third-order valence-corrected chi connectivity index (χ3v) is 5.85. The summed E-state index contributed by atoms with van der Waals surface area (Å²) >= 11 is 1.61. The number of anilines is 1. The first kappa shape index (κ1) is 16.0. The van der Waals surface area contributed by atoms with Crippen molar-refractivity contribution in [1.82, 2.24) is 9.55 Å². The first-order chi connectivity index (χ1) is 12.2. The lowest BCUT2D eigenvalue weighted by Crippen LogP contribution is -2.28. The molecule has 0 atom stereocenters. The standard InChI is InChI=1S/C19H19N3O2S/c1-2-12-6-8-13(9-7-12)21-16(23)10-22-11-20-18-17(19(22)24)14-4-3-5-15(14)25-18/h6-9,11H,2-5,10H2,1H3,(H,21,23). The monoisotopic (exact) mass is 353 g/mol. The summed E-state index contributed by atoms with van der Waals surface area (Å²) in [5, 5.41) is 3.55. The SMILES string of the molecule is CCc1ccc(NC(=O)Cn2cnc3sc4c(c3c2=O)CCC4)cc1. The summed E-state index contributed by atoms with van der Waals surface area (Å²) in [7, 11) is 0. The topological polar surface area (TPSA) is 64.0 Å². The first-order valence-corrected chi connectivity index (χ1v) is 9.36. The maximum absolute atomic E-state index is 12.8. The van der Waals surface area contributed by atoms with Gasteiger partial charge in [0.25, 0.3) is 5.56 Å². The Morgan fingerprint density at radius 1 is 1.28 bits per heavy atom. The van der Waals surface area contributed by atoms with E-state index in [2.05, 4.69) is 17.2 Å². The Morgan fingerprint density at radius 3 is 2.84 bits per heavy atom. The van der Waals surface area contributed by atoms with Gasteiger partial charge in [-0.1, -0.05) is 19.1 Å². The van der Waals surface area contributed by atoms with Gasteiger partial charge in [0, 0.05) is 10.6 Å². The average Bonchev–Trinajstić information content (AvgIpc) is 3.19. The molecule has 25 heavy (non-hydrogen) atoms. The number of thiophene rings is 1. The van der Waals surface area contributed by atoms with Gasteiger partial charge in [0.05, 0.1) is 11.7 Å². The number of rotatable bonds is 4. The van der Waals surface area contributed by atoms with Crippen LogP contribution in [0.2, 0.25) is 0 Å². The Bertz CT molecular complexity index is 1000. The van der Waals surface area contributed by atoms with Crippen LogP contribution >= 0.6 is 11.3 Å². The second-order valence-corrected chi connectivity index (χ2v) is 7.40. The van der Waals surface area contributed by atoms with Crippen molar-refractivity contribution in [3.63, 3.8) is 0 Å². The summed E-state index contributed by atoms with van der Waals surface area (Å²) < 4.78 is 1.41. The molecule has 2 heterocycles. The number of aryl methyl sites for hydroxylation is 3. The van der Waals surface area contributed by atoms with Crippen molar-refractivity contribution < 1.29 is 4.79 Å². The number of amides is 1. The van der Waals surface area contributed by atoms with E-state index in [1.807, 2.05) is 24.3 Å². The van der Waals surface area contributed by atoms with Crippen LogP contribution in [0.1, 0.15) is 29.3 Å². The van der Waals surface area contributed by atoms with E-state index in [0.717, 1.165) is 41.8 Å². The second-order valence-electron chi connectivity index (χ2n) is 6.31. The quantitative estimate of drug-likeness (QED) is 0.784. The van der Waals surface area contributed by atoms with Gasteiger partial charge in [-0.3, -0.25) is 14.2 Å². The molecule has 3 aromatic rings. The Labute approximate surface area is 149 Å². The van der Waals surface area contributed by atoms with E-state index in [0.29, 0.717) is 5.39 Å². The van der Waals surface area contributed by atoms with Crippen LogP contribution < -0.4 is 10.9 Å². The van der Waals surface area contributed by atoms with Crippen molar-refractivity contribution in [2.75, 3.05) is 5.32 Å². The van der Waals surface area contributed by atoms with Crippen LogP contribution in [0.3, 0.4) is 0 Å². The van der Waals surface area contributed by atoms with Crippen LogP contribution in [0.15, 0.2) is 35.4 Å². The highest BCUT2D eigenvalue weighted by atomic mass is 32.1. The molecular formula is C19H19N3O2S. The van der Waals surface area contributed by atoms with Crippen molar-refractivity contribution in [3.8, 4) is 0 Å². The fraction of sp³-hybridized carbons (Fsp3) is 0.316. The highest BCUT2D eigenvalue weighted by Gasteiger charge is 2.21. The number of carbonyl (C=O) groups is 1. The van der Waals surface area contributed by atoms with Crippen molar-refractivity contribution in [1.29, 1.82) is 0 Å². The molecule has 0 spiro atoms. The number of benzene rings is 1. The normalized spacial score (nSPS) is 13.2. The summed E-state index contributed by atoms with van der Waals surface area (Å²) in [4.78, 5) is 31.5. The summed E-state index contributed by atoms with van der Waals surface area (Å²) in [6, 6.07) is 7.74. The van der Waals surface area contributed by atoms with Crippen LogP contribution in [0.25, 0.3) is 10.2 Å². The fourth-order valence-corrected chi connectivity index (χ4v) is 4.53. The molecule has 0 saturated heterocycles. The molecule has 0 bridgehead atoms. The Hall–Kier alpha value is -2.47. The van der Waals surface area contributed by atoms with Crippen molar-refractivity contribution in [2.24, 2.45) is 0 Å². The molecule has 5 nitrogen and oxygen atoms in total. The Morgan fingerprint density at radius 2 is 2.08 bits per heavy atom. The van der Waals surface area contributed by atoms with E-state index in [-0.39, 0.29) is 18.0 Å². The zero-order valence-electron chi connectivity index (χ0n) is 14.0. The van der Waals surface area contributed by atoms with E-state index in [4.69, 9.17) is 0 Å². The van der Waals surface area contributed by atoms with Gasteiger partial charge in [-0.05, 0) is 48.9 Å². The van der Waals surface area contributed by atoms with Crippen molar-refractivity contribution >= 4 is 33.1 Å². The summed E-state index contributed by atoms with van der Waals surface area (Å²) in [5.74, 6) is -0.223. The van der Waals surface area contributed by atoms with Gasteiger partial charge in [-0.25, -0.2) is 4.98 Å². The van der Waals surface area contributed by atoms with E-state index >= 15 is 0 Å². The number of aromatic nitrogens is 2. The molecule has 0 saturated carbocycles. The molecule has 2 aromatic heterocycles. The molecule has 0 radical (unpaired) electrons. The lowest BCUT2D eigenvalue weighted by molar-refractivity contribution is -0.116. The number of hydrogen-bond acceptors (Lipinski definition) is 4. The molecule has 0 unspecified atom stereocenters. The minimum atomic E-state index is -0.223. The van der Waals surface area contributed by atoms with Crippen molar-refractivity contribution in [3.05, 3.63) is 57.0 Å². The Kier molecular flexibility index (Phi) is 4.13. The number of fused-ring (bicyclic) bond motifs is 3. The van der Waals surface area contributed by atoms with E-state index in [9.17, 15) is 9.59 Å². The van der Waals surface area contributed by atoms with Gasteiger partial charge < -0.3 is 5.32 Å². The van der Waals surface area contributed by atoms with Crippen LogP contribution in [0.4, 0.5) is 5.69 Å². The molecule has 1 aliphatic rings. The van der Waals surface area contributed by atoms with Crippen LogP contribution in [-0.2, 0) is 30.6 Å². The van der Waals surface area contributed by atoms with E-state index < -0.39 is 0 Å². The van der Waals surface area contributed by atoms with Gasteiger partial charge >= 0.3 is 0 Å². The molecule has 0 fully saturated rings. The number of nitrogens with one attached hydrogen (secondary N) is 1. The fourth-order valence-electron chi connectivity index (χ4n) is 3.31. The molecule has 1 N–H and O–H groups in total. The molecule has 1 aromatic carbocycles. The smallest absolute Gasteiger partial charge is 0.262 e. The van der Waals surface area contributed by atoms with E-state index in [1.165, 1.54) is 21.3 Å². The molecular weight excluding hydrogens is 334 g/mol. The lowest BCUT2D eigenvalue weighted by atomic mass is 10.1. The minimum absolute atomic E-state index is 0.0259. The molecule has 1 amide bonds. The summed E-state index contributed by atoms with van der Waals surface area (Å²) in [6.45, 7) is 2.06. The molecule has 1 aliphatic carbocycles. The predicted octanol–water partition coefficient (Wildman–Crippen LogP) is 3.15. The lowest BCUT2D eigenvalue weighted by Gasteiger charge is -2.08. The third-order valence-electron chi connectivity index (χ3n) is 4.65. The van der Waals surface area contributed by atoms with E-state index in [1.54, 1.807) is 11.3 Å². The highest BCUT2D eigenvalue weighted by molar-refractivity contribution is 7.18. The van der Waals surface area contributed by atoms with Crippen LogP contribution in [0.5, 0.6) is 0 Å². The van der Waals surface area contributed by atoms with Gasteiger partial charge in [-0.15, -0.1) is 11.3 Å². The maximum atomic E-state index is 12.8. The summed E-state index contributed by atoms with van der Waals surface area (Å²) in [5.41, 5.74) is 2.99. The molecule has 4 rings (SSSR count). The van der Waals surface area contributed by atoms with Crippen molar-refractivity contribution in [2.45, 2.75) is 39.2 Å². The average molecular weight is 353 g/mol. The number of nitrogens with zero attached hydrogens (tertiary/aromatic N) is 2. The maximum Gasteiger partial charge on any atom is 0.262 e. The molecule has 6 heteroatoms. The van der Waals surface area contributed by atoms with Gasteiger partial charge in [0.1, 0.15) is 11.4 Å². The highest BCUT2D eigenvalue weighted by Crippen LogP contribution is 2.34. The molecule has 0 aliphatic heterocycles. The molecule has 128 valence electrons. The van der Waals surface area contributed by atoms with Gasteiger partial charge in [-0.2, -0.15) is 0 Å². The Balaban J connectivity index is 1.56. The number of hydrogen-bond donors (Lipinski definition) is 1. The zero-order chi connectivity index (χ0) is 17.4. The minimum Gasteiger partial charge on any atom is -0.325 e. The third kappa shape index (κ3) is 2.98. The van der Waals surface area contributed by atoms with Crippen LogP contribution in [-0.4, -0.2) is 15.5 Å². The second kappa shape index (κ2) is 6.44. The number of carbonyl (C=O) groups excluding carboxylic acids is 1. The predicted molar refractivity (Wildman–Crippen MR) is 100 cm³/mol. The van der Waals surface area contributed by atoms with Gasteiger partial charge in [0.15, 0.2) is 0 Å². The largest absolute Gasteiger partial charge is 0.325 e. The van der Waals surface area contributed by atoms with Gasteiger partial charge in [0.2, 0.25) is 5.91 Å². The van der Waals surface area contributed by atoms with Crippen LogP contribution in [0, 0.1) is 0 Å². The zero-order valence-corrected chi connectivity index (χ0v) is 14.9. The first-order valence-electron chi connectivity index (χ1n) is 8.54. The summed E-state index contributed by atoms with van der Waals surface area (Å²) in [6.07, 6.45) is 5.51.